The molecule has 10 heteroatoms. The van der Waals surface area contributed by atoms with E-state index in [1.165, 1.54) is 37.3 Å². The summed E-state index contributed by atoms with van der Waals surface area (Å²) >= 11 is 0. The molecule has 0 spiro atoms. The molecule has 0 unspecified atom stereocenters. The molecule has 0 aliphatic carbocycles. The third-order valence-corrected chi connectivity index (χ3v) is 4.13. The van der Waals surface area contributed by atoms with Gasteiger partial charge in [0.25, 0.3) is 0 Å². The number of carbonyl (C=O) groups is 1. The van der Waals surface area contributed by atoms with Crippen LogP contribution in [0.2, 0.25) is 0 Å². The first-order chi connectivity index (χ1) is 14.7. The number of para-hydroxylation sites is 1. The van der Waals surface area contributed by atoms with E-state index in [0.717, 1.165) is 22.9 Å². The number of ether oxygens (including phenoxy) is 2. The fraction of sp³-hybridized carbons (Fsp3) is 0.190. The highest BCUT2D eigenvalue weighted by molar-refractivity contribution is 5.86. The van der Waals surface area contributed by atoms with Gasteiger partial charge >= 0.3 is 12.1 Å². The Morgan fingerprint density at radius 1 is 1.06 bits per heavy atom. The number of aryl methyl sites for hydroxylation is 1. The van der Waals surface area contributed by atoms with Gasteiger partial charge < -0.3 is 9.47 Å². The number of hydrogen-bond acceptors (Lipinski definition) is 5. The minimum atomic E-state index is -4.57. The van der Waals surface area contributed by atoms with E-state index in [-0.39, 0.29) is 30.3 Å². The molecule has 0 bridgehead atoms. The molecule has 0 N–H and O–H groups in total. The number of nitrogens with zero attached hydrogens (tertiary/aromatic N) is 2. The summed E-state index contributed by atoms with van der Waals surface area (Å²) in [6.07, 6.45) is -4.57. The predicted octanol–water partition coefficient (Wildman–Crippen LogP) is 3.93. The number of hydrogen-bond donors (Lipinski definition) is 0. The van der Waals surface area contributed by atoms with Gasteiger partial charge in [-0.15, -0.1) is 0 Å². The standard InChI is InChI=1S/C21H16F4N2O4/c1-13-11-17(28)19(20(29)31-10-9-30-18-8-3-2-7-16(18)22)26-27(13)15-6-4-5-14(12-15)21(23,24)25/h2-8,11-12H,9-10H2,1H3. The van der Waals surface area contributed by atoms with E-state index in [1.807, 2.05) is 0 Å². The number of carbonyl (C=O) groups excluding carboxylic acids is 1. The second-order valence-electron chi connectivity index (χ2n) is 6.37. The lowest BCUT2D eigenvalue weighted by molar-refractivity contribution is -0.137. The molecule has 3 rings (SSSR count). The normalized spacial score (nSPS) is 11.3. The summed E-state index contributed by atoms with van der Waals surface area (Å²) in [7, 11) is 0. The summed E-state index contributed by atoms with van der Waals surface area (Å²) in [6, 6.07) is 11.0. The zero-order chi connectivity index (χ0) is 22.6. The van der Waals surface area contributed by atoms with E-state index in [1.54, 1.807) is 6.07 Å². The number of halogens is 4. The van der Waals surface area contributed by atoms with Crippen molar-refractivity contribution in [3.8, 4) is 11.4 Å². The second-order valence-corrected chi connectivity index (χ2v) is 6.37. The molecule has 0 aliphatic rings. The summed E-state index contributed by atoms with van der Waals surface area (Å²) in [6.45, 7) is 0.984. The monoisotopic (exact) mass is 436 g/mol. The van der Waals surface area contributed by atoms with Crippen molar-refractivity contribution in [1.82, 2.24) is 9.78 Å². The summed E-state index contributed by atoms with van der Waals surface area (Å²) in [5.41, 5.74) is -2.01. The van der Waals surface area contributed by atoms with Gasteiger partial charge in [0.2, 0.25) is 11.1 Å². The van der Waals surface area contributed by atoms with Crippen LogP contribution in [0.15, 0.2) is 59.4 Å². The van der Waals surface area contributed by atoms with Crippen molar-refractivity contribution >= 4 is 5.97 Å². The highest BCUT2D eigenvalue weighted by Gasteiger charge is 2.30. The van der Waals surface area contributed by atoms with E-state index in [0.29, 0.717) is 0 Å². The maximum absolute atomic E-state index is 13.5. The summed E-state index contributed by atoms with van der Waals surface area (Å²) < 4.78 is 63.6. The summed E-state index contributed by atoms with van der Waals surface area (Å²) in [4.78, 5) is 24.4. The Labute approximate surface area is 173 Å². The van der Waals surface area contributed by atoms with Crippen LogP contribution in [0, 0.1) is 12.7 Å². The first-order valence-corrected chi connectivity index (χ1v) is 9.00. The number of aromatic nitrogens is 2. The highest BCUT2D eigenvalue weighted by Crippen LogP contribution is 2.30. The van der Waals surface area contributed by atoms with Gasteiger partial charge in [-0.3, -0.25) is 4.79 Å². The van der Waals surface area contributed by atoms with Crippen LogP contribution < -0.4 is 10.2 Å². The molecule has 1 aromatic heterocycles. The number of esters is 1. The van der Waals surface area contributed by atoms with Crippen molar-refractivity contribution in [3.63, 3.8) is 0 Å². The zero-order valence-electron chi connectivity index (χ0n) is 16.1. The van der Waals surface area contributed by atoms with Gasteiger partial charge in [0.15, 0.2) is 11.6 Å². The fourth-order valence-electron chi connectivity index (χ4n) is 2.68. The van der Waals surface area contributed by atoms with Crippen LogP contribution in [0.1, 0.15) is 21.7 Å². The first kappa shape index (κ1) is 22.0. The van der Waals surface area contributed by atoms with Crippen molar-refractivity contribution in [2.24, 2.45) is 0 Å². The van der Waals surface area contributed by atoms with Gasteiger partial charge in [0.1, 0.15) is 13.2 Å². The lowest BCUT2D eigenvalue weighted by atomic mass is 10.2. The predicted molar refractivity (Wildman–Crippen MR) is 102 cm³/mol. The quantitative estimate of drug-likeness (QED) is 0.333. The van der Waals surface area contributed by atoms with Gasteiger partial charge in [-0.05, 0) is 37.3 Å². The Balaban J connectivity index is 1.75. The molecule has 0 radical (unpaired) electrons. The van der Waals surface area contributed by atoms with E-state index >= 15 is 0 Å². The lowest BCUT2D eigenvalue weighted by Gasteiger charge is -2.13. The van der Waals surface area contributed by atoms with Crippen molar-refractivity contribution < 1.29 is 31.8 Å². The molecule has 0 amide bonds. The molecule has 0 saturated heterocycles. The molecule has 2 aromatic carbocycles. The first-order valence-electron chi connectivity index (χ1n) is 9.00. The Morgan fingerprint density at radius 3 is 2.52 bits per heavy atom. The molecule has 162 valence electrons. The third kappa shape index (κ3) is 5.27. The smallest absolute Gasteiger partial charge is 0.416 e. The van der Waals surface area contributed by atoms with Crippen molar-refractivity contribution in [1.29, 1.82) is 0 Å². The summed E-state index contributed by atoms with van der Waals surface area (Å²) in [5.74, 6) is -1.69. The van der Waals surface area contributed by atoms with Crippen LogP contribution in [-0.2, 0) is 10.9 Å². The minimum Gasteiger partial charge on any atom is -0.487 e. The summed E-state index contributed by atoms with van der Waals surface area (Å²) in [5, 5.41) is 3.88. The molecule has 0 atom stereocenters. The highest BCUT2D eigenvalue weighted by atomic mass is 19.4. The van der Waals surface area contributed by atoms with E-state index in [2.05, 4.69) is 5.10 Å². The Bertz CT molecular complexity index is 1160. The van der Waals surface area contributed by atoms with Gasteiger partial charge in [0.05, 0.1) is 11.3 Å². The van der Waals surface area contributed by atoms with Crippen LogP contribution in [0.25, 0.3) is 5.69 Å². The molecule has 1 heterocycles. The van der Waals surface area contributed by atoms with Crippen LogP contribution in [0.4, 0.5) is 17.6 Å². The number of benzene rings is 2. The number of rotatable bonds is 6. The minimum absolute atomic E-state index is 0.0178. The van der Waals surface area contributed by atoms with Crippen LogP contribution >= 0.6 is 0 Å². The molecular weight excluding hydrogens is 420 g/mol. The van der Waals surface area contributed by atoms with Gasteiger partial charge in [0, 0.05) is 11.8 Å². The van der Waals surface area contributed by atoms with Crippen molar-refractivity contribution in [3.05, 3.63) is 87.6 Å². The van der Waals surface area contributed by atoms with Crippen molar-refractivity contribution in [2.75, 3.05) is 13.2 Å². The van der Waals surface area contributed by atoms with E-state index in [4.69, 9.17) is 9.47 Å². The molecule has 0 saturated carbocycles. The lowest BCUT2D eigenvalue weighted by Crippen LogP contribution is -2.25. The Kier molecular flexibility index (Phi) is 6.38. The van der Waals surface area contributed by atoms with E-state index in [9.17, 15) is 27.2 Å². The van der Waals surface area contributed by atoms with Gasteiger partial charge in [-0.1, -0.05) is 18.2 Å². The Hall–Kier alpha value is -3.69. The topological polar surface area (TPSA) is 70.4 Å². The maximum Gasteiger partial charge on any atom is 0.416 e. The molecule has 31 heavy (non-hydrogen) atoms. The van der Waals surface area contributed by atoms with E-state index < -0.39 is 34.6 Å². The molecular formula is C21H16F4N2O4. The average molecular weight is 436 g/mol. The van der Waals surface area contributed by atoms with Gasteiger partial charge in [-0.25, -0.2) is 13.9 Å². The average Bonchev–Trinajstić information content (AvgIpc) is 2.72. The second kappa shape index (κ2) is 8.99. The Morgan fingerprint density at radius 2 is 1.81 bits per heavy atom. The third-order valence-electron chi connectivity index (χ3n) is 4.13. The van der Waals surface area contributed by atoms with Crippen LogP contribution in [0.3, 0.4) is 0 Å². The zero-order valence-corrected chi connectivity index (χ0v) is 16.1. The molecule has 0 fully saturated rings. The van der Waals surface area contributed by atoms with Gasteiger partial charge in [-0.2, -0.15) is 18.3 Å². The van der Waals surface area contributed by atoms with Crippen molar-refractivity contribution in [2.45, 2.75) is 13.1 Å². The van der Waals surface area contributed by atoms with Crippen LogP contribution in [0.5, 0.6) is 5.75 Å². The number of alkyl halides is 3. The van der Waals surface area contributed by atoms with Crippen LogP contribution in [-0.4, -0.2) is 29.0 Å². The molecule has 6 nitrogen and oxygen atoms in total. The SMILES string of the molecule is Cc1cc(=O)c(C(=O)OCCOc2ccccc2F)nn1-c1cccc(C(F)(F)F)c1. The molecule has 3 aromatic rings. The fourth-order valence-corrected chi connectivity index (χ4v) is 2.68. The maximum atomic E-state index is 13.5. The largest absolute Gasteiger partial charge is 0.487 e. The molecule has 0 aliphatic heterocycles.